The number of hydrogen-bond acceptors (Lipinski definition) is 2. The van der Waals surface area contributed by atoms with Crippen LogP contribution in [0.3, 0.4) is 0 Å². The highest BCUT2D eigenvalue weighted by atomic mass is 16.3. The Labute approximate surface area is 105 Å². The van der Waals surface area contributed by atoms with Gasteiger partial charge in [-0.05, 0) is 24.6 Å². The van der Waals surface area contributed by atoms with E-state index in [1.54, 1.807) is 0 Å². The van der Waals surface area contributed by atoms with E-state index >= 15 is 0 Å². The summed E-state index contributed by atoms with van der Waals surface area (Å²) in [5.41, 5.74) is 3.78. The molecule has 0 atom stereocenters. The average Bonchev–Trinajstić information content (AvgIpc) is 2.77. The van der Waals surface area contributed by atoms with Crippen LogP contribution in [0.5, 0.6) is 0 Å². The van der Waals surface area contributed by atoms with Crippen molar-refractivity contribution < 1.29 is 9.21 Å². The summed E-state index contributed by atoms with van der Waals surface area (Å²) in [6.45, 7) is 2.03. The Morgan fingerprint density at radius 3 is 2.56 bits per heavy atom. The number of rotatable bonds is 2. The van der Waals surface area contributed by atoms with Crippen molar-refractivity contribution in [2.24, 2.45) is 0 Å². The van der Waals surface area contributed by atoms with Gasteiger partial charge in [-0.25, -0.2) is 0 Å². The van der Waals surface area contributed by atoms with Gasteiger partial charge < -0.3 is 4.42 Å². The fourth-order valence-electron chi connectivity index (χ4n) is 2.22. The van der Waals surface area contributed by atoms with E-state index in [0.717, 1.165) is 33.9 Å². The third-order valence-corrected chi connectivity index (χ3v) is 3.04. The molecule has 0 bridgehead atoms. The second kappa shape index (κ2) is 4.15. The highest BCUT2D eigenvalue weighted by Crippen LogP contribution is 2.34. The van der Waals surface area contributed by atoms with Gasteiger partial charge in [0.2, 0.25) is 0 Å². The largest absolute Gasteiger partial charge is 0.453 e. The van der Waals surface area contributed by atoms with Crippen molar-refractivity contribution >= 4 is 17.3 Å². The fraction of sp³-hybridized carbons (Fsp3) is 0.0625. The normalized spacial score (nSPS) is 10.7. The molecule has 18 heavy (non-hydrogen) atoms. The highest BCUT2D eigenvalue weighted by molar-refractivity contribution is 6.02. The number of benzene rings is 2. The molecule has 0 unspecified atom stereocenters. The summed E-state index contributed by atoms with van der Waals surface area (Å²) in [6.07, 6.45) is 0.775. The van der Waals surface area contributed by atoms with Gasteiger partial charge in [0.1, 0.15) is 5.58 Å². The molecular weight excluding hydrogens is 224 g/mol. The Balaban J connectivity index is 2.38. The number of furan rings is 1. The number of carbonyl (C=O) groups excluding carboxylic acids is 1. The molecule has 0 N–H and O–H groups in total. The molecule has 0 aliphatic heterocycles. The van der Waals surface area contributed by atoms with E-state index < -0.39 is 0 Å². The van der Waals surface area contributed by atoms with E-state index in [4.69, 9.17) is 4.42 Å². The Bertz CT molecular complexity index is 709. The summed E-state index contributed by atoms with van der Waals surface area (Å²) < 4.78 is 5.59. The summed E-state index contributed by atoms with van der Waals surface area (Å²) in [7, 11) is 0. The molecule has 1 aromatic heterocycles. The molecule has 88 valence electrons. The standard InChI is InChI=1S/C16H12O2/c1-11-7-8-14-13(9-11)16(15(10-17)18-14)12-5-3-2-4-6-12/h2-10H,1H3. The highest BCUT2D eigenvalue weighted by Gasteiger charge is 2.15. The van der Waals surface area contributed by atoms with Crippen LogP contribution in [-0.4, -0.2) is 6.29 Å². The van der Waals surface area contributed by atoms with Gasteiger partial charge >= 0.3 is 0 Å². The van der Waals surface area contributed by atoms with Crippen molar-refractivity contribution in [1.82, 2.24) is 0 Å². The zero-order valence-electron chi connectivity index (χ0n) is 10.0. The average molecular weight is 236 g/mol. The van der Waals surface area contributed by atoms with Crippen molar-refractivity contribution in [3.8, 4) is 11.1 Å². The minimum Gasteiger partial charge on any atom is -0.453 e. The Kier molecular flexibility index (Phi) is 2.49. The molecule has 3 rings (SSSR count). The van der Waals surface area contributed by atoms with Crippen molar-refractivity contribution in [2.75, 3.05) is 0 Å². The maximum Gasteiger partial charge on any atom is 0.186 e. The Morgan fingerprint density at radius 2 is 1.83 bits per heavy atom. The molecule has 0 saturated carbocycles. The van der Waals surface area contributed by atoms with Crippen LogP contribution < -0.4 is 0 Å². The van der Waals surface area contributed by atoms with E-state index in [1.807, 2.05) is 55.5 Å². The van der Waals surface area contributed by atoms with Gasteiger partial charge in [0.25, 0.3) is 0 Å². The van der Waals surface area contributed by atoms with Crippen LogP contribution in [0.15, 0.2) is 52.9 Å². The molecule has 0 aliphatic carbocycles. The zero-order chi connectivity index (χ0) is 12.5. The molecule has 2 aromatic carbocycles. The first-order valence-corrected chi connectivity index (χ1v) is 5.83. The molecule has 0 saturated heterocycles. The molecule has 0 radical (unpaired) electrons. The number of aldehydes is 1. The van der Waals surface area contributed by atoms with Gasteiger partial charge in [0, 0.05) is 10.9 Å². The van der Waals surface area contributed by atoms with E-state index in [0.29, 0.717) is 5.76 Å². The monoisotopic (exact) mass is 236 g/mol. The maximum absolute atomic E-state index is 11.2. The summed E-state index contributed by atoms with van der Waals surface area (Å²) in [6, 6.07) is 15.8. The molecule has 0 fully saturated rings. The van der Waals surface area contributed by atoms with E-state index in [9.17, 15) is 4.79 Å². The second-order valence-corrected chi connectivity index (χ2v) is 4.32. The maximum atomic E-state index is 11.2. The number of fused-ring (bicyclic) bond motifs is 1. The van der Waals surface area contributed by atoms with Crippen LogP contribution in [0.25, 0.3) is 22.1 Å². The minimum atomic E-state index is 0.391. The van der Waals surface area contributed by atoms with E-state index in [1.165, 1.54) is 0 Å². The summed E-state index contributed by atoms with van der Waals surface area (Å²) in [5, 5.41) is 0.989. The Hall–Kier alpha value is -2.35. The molecule has 0 amide bonds. The predicted octanol–water partition coefficient (Wildman–Crippen LogP) is 4.22. The number of hydrogen-bond donors (Lipinski definition) is 0. The second-order valence-electron chi connectivity index (χ2n) is 4.32. The van der Waals surface area contributed by atoms with Crippen LogP contribution in [0.2, 0.25) is 0 Å². The van der Waals surface area contributed by atoms with Gasteiger partial charge in [0.15, 0.2) is 12.0 Å². The van der Waals surface area contributed by atoms with Crippen molar-refractivity contribution in [3.63, 3.8) is 0 Å². The summed E-state index contributed by atoms with van der Waals surface area (Å²) in [4.78, 5) is 11.2. The smallest absolute Gasteiger partial charge is 0.186 e. The zero-order valence-corrected chi connectivity index (χ0v) is 10.0. The lowest BCUT2D eigenvalue weighted by atomic mass is 10.0. The van der Waals surface area contributed by atoms with Crippen molar-refractivity contribution in [1.29, 1.82) is 0 Å². The topological polar surface area (TPSA) is 30.2 Å². The molecule has 3 aromatic rings. The minimum absolute atomic E-state index is 0.391. The van der Waals surface area contributed by atoms with Crippen LogP contribution >= 0.6 is 0 Å². The quantitative estimate of drug-likeness (QED) is 0.623. The molecule has 2 heteroatoms. The van der Waals surface area contributed by atoms with E-state index in [2.05, 4.69) is 0 Å². The van der Waals surface area contributed by atoms with Crippen LogP contribution in [-0.2, 0) is 0 Å². The first-order chi connectivity index (χ1) is 8.79. The first kappa shape index (κ1) is 10.8. The number of carbonyl (C=O) groups is 1. The van der Waals surface area contributed by atoms with Gasteiger partial charge in [-0.1, -0.05) is 42.0 Å². The number of aryl methyl sites for hydroxylation is 1. The molecule has 0 spiro atoms. The summed E-state index contributed by atoms with van der Waals surface area (Å²) >= 11 is 0. The molecule has 2 nitrogen and oxygen atoms in total. The van der Waals surface area contributed by atoms with Crippen LogP contribution in [0, 0.1) is 6.92 Å². The third-order valence-electron chi connectivity index (χ3n) is 3.04. The van der Waals surface area contributed by atoms with Crippen LogP contribution in [0.1, 0.15) is 16.1 Å². The third kappa shape index (κ3) is 1.63. The first-order valence-electron chi connectivity index (χ1n) is 5.83. The van der Waals surface area contributed by atoms with Crippen molar-refractivity contribution in [3.05, 3.63) is 59.9 Å². The lowest BCUT2D eigenvalue weighted by Gasteiger charge is -1.99. The van der Waals surface area contributed by atoms with Gasteiger partial charge in [0.05, 0.1) is 0 Å². The van der Waals surface area contributed by atoms with Crippen molar-refractivity contribution in [2.45, 2.75) is 6.92 Å². The lowest BCUT2D eigenvalue weighted by Crippen LogP contribution is -1.82. The fourth-order valence-corrected chi connectivity index (χ4v) is 2.22. The summed E-state index contributed by atoms with van der Waals surface area (Å²) in [5.74, 6) is 0.391. The predicted molar refractivity (Wildman–Crippen MR) is 71.8 cm³/mol. The van der Waals surface area contributed by atoms with E-state index in [-0.39, 0.29) is 0 Å². The molecule has 1 heterocycles. The Morgan fingerprint density at radius 1 is 1.06 bits per heavy atom. The van der Waals surface area contributed by atoms with Gasteiger partial charge in [-0.15, -0.1) is 0 Å². The van der Waals surface area contributed by atoms with Gasteiger partial charge in [-0.3, -0.25) is 4.79 Å². The molecule has 0 aliphatic rings. The SMILES string of the molecule is Cc1ccc2oc(C=O)c(-c3ccccc3)c2c1. The van der Waals surface area contributed by atoms with Crippen LogP contribution in [0.4, 0.5) is 0 Å². The molecular formula is C16H12O2. The van der Waals surface area contributed by atoms with Gasteiger partial charge in [-0.2, -0.15) is 0 Å². The lowest BCUT2D eigenvalue weighted by molar-refractivity contribution is 0.110.